The number of rotatable bonds is 3. The fraction of sp³-hybridized carbons (Fsp3) is 0.0625. The average molecular weight is 329 g/mol. The summed E-state index contributed by atoms with van der Waals surface area (Å²) in [6, 6.07) is 9.97. The maximum absolute atomic E-state index is 12.4. The van der Waals surface area contributed by atoms with Crippen LogP contribution in [-0.2, 0) is 0 Å². The third kappa shape index (κ3) is 3.17. The quantitative estimate of drug-likeness (QED) is 0.724. The number of amides is 1. The molecule has 0 saturated carbocycles. The van der Waals surface area contributed by atoms with Gasteiger partial charge in [0.05, 0.1) is 16.3 Å². The topological polar surface area (TPSA) is 80.0 Å². The third-order valence-electron chi connectivity index (χ3n) is 3.31. The summed E-state index contributed by atoms with van der Waals surface area (Å²) in [5.41, 5.74) is 2.32. The molecule has 0 saturated heterocycles. The standard InChI is InChI=1S/C16H13ClN4O2/c1-10-2-5-15(22)14(6-10)20-16(23)12-4-3-11(7-13(12)17)21-8-18-19-9-21/h2-9,22H,1H3,(H,20,23). The van der Waals surface area contributed by atoms with E-state index in [1.807, 2.05) is 6.92 Å². The SMILES string of the molecule is Cc1ccc(O)c(NC(=O)c2ccc(-n3cnnc3)cc2Cl)c1. The molecule has 1 aromatic heterocycles. The predicted octanol–water partition coefficient (Wildman–Crippen LogP) is 3.19. The highest BCUT2D eigenvalue weighted by Crippen LogP contribution is 2.26. The summed E-state index contributed by atoms with van der Waals surface area (Å²) in [5.74, 6) is -0.396. The minimum atomic E-state index is -0.397. The molecular weight excluding hydrogens is 316 g/mol. The number of aryl methyl sites for hydroxylation is 1. The zero-order valence-electron chi connectivity index (χ0n) is 12.2. The molecule has 0 aliphatic carbocycles. The van der Waals surface area contributed by atoms with Gasteiger partial charge in [0.25, 0.3) is 5.91 Å². The number of hydrogen-bond donors (Lipinski definition) is 2. The molecule has 2 aromatic carbocycles. The molecule has 6 nitrogen and oxygen atoms in total. The Morgan fingerprint density at radius 1 is 1.17 bits per heavy atom. The van der Waals surface area contributed by atoms with Gasteiger partial charge in [0, 0.05) is 5.69 Å². The van der Waals surface area contributed by atoms with Crippen LogP contribution in [0.5, 0.6) is 5.75 Å². The number of benzene rings is 2. The fourth-order valence-electron chi connectivity index (χ4n) is 2.12. The molecule has 2 N–H and O–H groups in total. The van der Waals surface area contributed by atoms with E-state index in [4.69, 9.17) is 11.6 Å². The van der Waals surface area contributed by atoms with Gasteiger partial charge in [0.2, 0.25) is 0 Å². The van der Waals surface area contributed by atoms with Gasteiger partial charge in [-0.05, 0) is 42.8 Å². The van der Waals surface area contributed by atoms with E-state index in [0.717, 1.165) is 11.3 Å². The second kappa shape index (κ2) is 6.10. The van der Waals surface area contributed by atoms with Crippen molar-refractivity contribution in [2.24, 2.45) is 0 Å². The molecule has 3 aromatic rings. The van der Waals surface area contributed by atoms with Gasteiger partial charge in [-0.25, -0.2) is 0 Å². The van der Waals surface area contributed by atoms with Gasteiger partial charge in [-0.3, -0.25) is 9.36 Å². The molecule has 0 radical (unpaired) electrons. The summed E-state index contributed by atoms with van der Waals surface area (Å²) in [5, 5.41) is 20.2. The van der Waals surface area contributed by atoms with Crippen LogP contribution < -0.4 is 5.32 Å². The summed E-state index contributed by atoms with van der Waals surface area (Å²) in [7, 11) is 0. The van der Waals surface area contributed by atoms with Crippen LogP contribution in [0.15, 0.2) is 49.1 Å². The number of phenolic OH excluding ortho intramolecular Hbond substituents is 1. The number of nitrogens with one attached hydrogen (secondary N) is 1. The Kier molecular flexibility index (Phi) is 3.99. The lowest BCUT2D eigenvalue weighted by atomic mass is 10.1. The zero-order valence-corrected chi connectivity index (χ0v) is 12.9. The van der Waals surface area contributed by atoms with Crippen molar-refractivity contribution < 1.29 is 9.90 Å². The lowest BCUT2D eigenvalue weighted by Gasteiger charge is -2.10. The Bertz CT molecular complexity index is 863. The minimum absolute atomic E-state index is 0.00109. The Morgan fingerprint density at radius 3 is 2.61 bits per heavy atom. The van der Waals surface area contributed by atoms with Crippen LogP contribution in [0.2, 0.25) is 5.02 Å². The van der Waals surface area contributed by atoms with Crippen LogP contribution >= 0.6 is 11.6 Å². The lowest BCUT2D eigenvalue weighted by molar-refractivity contribution is 0.102. The van der Waals surface area contributed by atoms with Crippen molar-refractivity contribution >= 4 is 23.2 Å². The van der Waals surface area contributed by atoms with Crippen molar-refractivity contribution in [1.29, 1.82) is 0 Å². The number of hydrogen-bond acceptors (Lipinski definition) is 4. The van der Waals surface area contributed by atoms with Crippen molar-refractivity contribution in [3.05, 3.63) is 65.2 Å². The normalized spacial score (nSPS) is 10.5. The van der Waals surface area contributed by atoms with Crippen molar-refractivity contribution in [3.63, 3.8) is 0 Å². The van der Waals surface area contributed by atoms with Crippen LogP contribution in [0.3, 0.4) is 0 Å². The highest BCUT2D eigenvalue weighted by atomic mass is 35.5. The second-order valence-electron chi connectivity index (χ2n) is 5.01. The molecule has 116 valence electrons. The summed E-state index contributed by atoms with van der Waals surface area (Å²) in [6.45, 7) is 1.87. The first-order valence-electron chi connectivity index (χ1n) is 6.80. The van der Waals surface area contributed by atoms with Gasteiger partial charge in [0.1, 0.15) is 18.4 Å². The molecule has 1 heterocycles. The van der Waals surface area contributed by atoms with Crippen LogP contribution in [0, 0.1) is 6.92 Å². The molecule has 0 unspecified atom stereocenters. The van der Waals surface area contributed by atoms with E-state index in [2.05, 4.69) is 15.5 Å². The summed E-state index contributed by atoms with van der Waals surface area (Å²) < 4.78 is 1.68. The Hall–Kier alpha value is -2.86. The first kappa shape index (κ1) is 15.1. The molecule has 0 aliphatic heterocycles. The molecule has 7 heteroatoms. The Morgan fingerprint density at radius 2 is 1.91 bits per heavy atom. The summed E-state index contributed by atoms with van der Waals surface area (Å²) in [6.07, 6.45) is 3.08. The smallest absolute Gasteiger partial charge is 0.257 e. The van der Waals surface area contributed by atoms with Gasteiger partial charge in [-0.1, -0.05) is 17.7 Å². The third-order valence-corrected chi connectivity index (χ3v) is 3.63. The van der Waals surface area contributed by atoms with E-state index in [-0.39, 0.29) is 5.75 Å². The number of phenols is 1. The van der Waals surface area contributed by atoms with E-state index in [9.17, 15) is 9.90 Å². The number of nitrogens with zero attached hydrogens (tertiary/aromatic N) is 3. The number of halogens is 1. The van der Waals surface area contributed by atoms with Gasteiger partial charge < -0.3 is 10.4 Å². The largest absolute Gasteiger partial charge is 0.506 e. The van der Waals surface area contributed by atoms with Crippen molar-refractivity contribution in [2.75, 3.05) is 5.32 Å². The van der Waals surface area contributed by atoms with Gasteiger partial charge in [-0.2, -0.15) is 0 Å². The maximum Gasteiger partial charge on any atom is 0.257 e. The van der Waals surface area contributed by atoms with Gasteiger partial charge in [-0.15, -0.1) is 10.2 Å². The minimum Gasteiger partial charge on any atom is -0.506 e. The summed E-state index contributed by atoms with van der Waals surface area (Å²) in [4.78, 5) is 12.4. The number of aromatic hydroxyl groups is 1. The second-order valence-corrected chi connectivity index (χ2v) is 5.42. The van der Waals surface area contributed by atoms with Crippen LogP contribution in [0.25, 0.3) is 5.69 Å². The van der Waals surface area contributed by atoms with Gasteiger partial charge >= 0.3 is 0 Å². The van der Waals surface area contributed by atoms with E-state index >= 15 is 0 Å². The molecule has 1 amide bonds. The lowest BCUT2D eigenvalue weighted by Crippen LogP contribution is -2.13. The molecule has 0 aliphatic rings. The monoisotopic (exact) mass is 328 g/mol. The molecule has 3 rings (SSSR count). The first-order valence-corrected chi connectivity index (χ1v) is 7.18. The Labute approximate surface area is 137 Å². The van der Waals surface area contributed by atoms with Crippen molar-refractivity contribution in [1.82, 2.24) is 14.8 Å². The molecule has 0 bridgehead atoms. The average Bonchev–Trinajstić information content (AvgIpc) is 3.05. The highest BCUT2D eigenvalue weighted by Gasteiger charge is 2.13. The van der Waals surface area contributed by atoms with E-state index in [1.165, 1.54) is 18.7 Å². The molecule has 0 spiro atoms. The van der Waals surface area contributed by atoms with Crippen LogP contribution in [-0.4, -0.2) is 25.8 Å². The van der Waals surface area contributed by atoms with Crippen molar-refractivity contribution in [2.45, 2.75) is 6.92 Å². The zero-order chi connectivity index (χ0) is 16.4. The van der Waals surface area contributed by atoms with Crippen LogP contribution in [0.1, 0.15) is 15.9 Å². The fourth-order valence-corrected chi connectivity index (χ4v) is 2.38. The van der Waals surface area contributed by atoms with E-state index < -0.39 is 5.91 Å². The Balaban J connectivity index is 1.86. The molecule has 0 atom stereocenters. The number of carbonyl (C=O) groups excluding carboxylic acids is 1. The molecule has 0 fully saturated rings. The number of aromatic nitrogens is 3. The van der Waals surface area contributed by atoms with Gasteiger partial charge in [0.15, 0.2) is 0 Å². The first-order chi connectivity index (χ1) is 11.0. The van der Waals surface area contributed by atoms with E-state index in [0.29, 0.717) is 16.3 Å². The predicted molar refractivity (Wildman–Crippen MR) is 87.2 cm³/mol. The molecule has 23 heavy (non-hydrogen) atoms. The van der Waals surface area contributed by atoms with Crippen molar-refractivity contribution in [3.8, 4) is 11.4 Å². The van der Waals surface area contributed by atoms with Crippen LogP contribution in [0.4, 0.5) is 5.69 Å². The maximum atomic E-state index is 12.4. The highest BCUT2D eigenvalue weighted by molar-refractivity contribution is 6.34. The summed E-state index contributed by atoms with van der Waals surface area (Å²) >= 11 is 6.20. The molecular formula is C16H13ClN4O2. The van der Waals surface area contributed by atoms with E-state index in [1.54, 1.807) is 34.9 Å². The number of carbonyl (C=O) groups is 1. The number of anilines is 1.